The molecular formula is C19H19N3O4. The Bertz CT molecular complexity index is 836. The summed E-state index contributed by atoms with van der Waals surface area (Å²) in [7, 11) is 0. The molecular weight excluding hydrogens is 334 g/mol. The van der Waals surface area contributed by atoms with Gasteiger partial charge in [-0.3, -0.25) is 24.3 Å². The van der Waals surface area contributed by atoms with Crippen LogP contribution in [0.4, 0.5) is 5.69 Å². The van der Waals surface area contributed by atoms with Crippen LogP contribution in [-0.2, 0) is 16.0 Å². The number of hydrogen-bond donors (Lipinski definition) is 1. The van der Waals surface area contributed by atoms with Crippen LogP contribution in [-0.4, -0.2) is 42.3 Å². The normalized spacial score (nSPS) is 13.0. The van der Waals surface area contributed by atoms with Gasteiger partial charge in [0.25, 0.3) is 5.91 Å². The van der Waals surface area contributed by atoms with Crippen LogP contribution in [0.1, 0.15) is 23.0 Å². The van der Waals surface area contributed by atoms with Gasteiger partial charge in [0, 0.05) is 30.4 Å². The first-order valence-corrected chi connectivity index (χ1v) is 8.29. The van der Waals surface area contributed by atoms with E-state index in [0.29, 0.717) is 30.0 Å². The van der Waals surface area contributed by atoms with Gasteiger partial charge in [-0.1, -0.05) is 6.07 Å². The first-order valence-electron chi connectivity index (χ1n) is 8.29. The molecule has 134 valence electrons. The van der Waals surface area contributed by atoms with Gasteiger partial charge in [-0.2, -0.15) is 0 Å². The molecule has 1 aromatic carbocycles. The van der Waals surface area contributed by atoms with Crippen LogP contribution in [0.25, 0.3) is 0 Å². The number of carbonyl (C=O) groups excluding carboxylic acids is 3. The molecule has 7 heteroatoms. The quantitative estimate of drug-likeness (QED) is 0.793. The van der Waals surface area contributed by atoms with Crippen molar-refractivity contribution in [3.63, 3.8) is 0 Å². The van der Waals surface area contributed by atoms with Gasteiger partial charge in [-0.05, 0) is 37.3 Å². The number of hydrogen-bond acceptors (Lipinski definition) is 5. The zero-order valence-electron chi connectivity index (χ0n) is 14.4. The molecule has 2 aromatic rings. The van der Waals surface area contributed by atoms with E-state index in [0.717, 1.165) is 5.69 Å². The molecule has 7 nitrogen and oxygen atoms in total. The number of nitrogens with zero attached hydrogens (tertiary/aromatic N) is 2. The SMILES string of the molecule is CC(=O)c1ccc2c(c1)N(CC(=O)NCCc1ccccn1)C(=O)CO2. The van der Waals surface area contributed by atoms with Gasteiger partial charge in [-0.25, -0.2) is 0 Å². The molecule has 0 unspecified atom stereocenters. The Hall–Kier alpha value is -3.22. The molecule has 0 radical (unpaired) electrons. The summed E-state index contributed by atoms with van der Waals surface area (Å²) >= 11 is 0. The van der Waals surface area contributed by atoms with E-state index in [9.17, 15) is 14.4 Å². The fraction of sp³-hybridized carbons (Fsp3) is 0.263. The van der Waals surface area contributed by atoms with E-state index in [2.05, 4.69) is 10.3 Å². The molecule has 0 bridgehead atoms. The van der Waals surface area contributed by atoms with Crippen molar-refractivity contribution in [1.29, 1.82) is 0 Å². The highest BCUT2D eigenvalue weighted by atomic mass is 16.5. The summed E-state index contributed by atoms with van der Waals surface area (Å²) < 4.78 is 5.38. The lowest BCUT2D eigenvalue weighted by Crippen LogP contribution is -2.45. The maximum atomic E-state index is 12.2. The molecule has 1 aliphatic rings. The van der Waals surface area contributed by atoms with Crippen LogP contribution in [0.15, 0.2) is 42.6 Å². The number of benzene rings is 1. The van der Waals surface area contributed by atoms with Crippen LogP contribution in [0, 0.1) is 0 Å². The van der Waals surface area contributed by atoms with Crippen molar-refractivity contribution >= 4 is 23.3 Å². The second-order valence-corrected chi connectivity index (χ2v) is 5.93. The van der Waals surface area contributed by atoms with Gasteiger partial charge in [0.15, 0.2) is 12.4 Å². The molecule has 1 aliphatic heterocycles. The molecule has 0 spiro atoms. The Morgan fingerprint density at radius 3 is 2.85 bits per heavy atom. The van der Waals surface area contributed by atoms with E-state index in [4.69, 9.17) is 4.74 Å². The van der Waals surface area contributed by atoms with Crippen LogP contribution < -0.4 is 15.0 Å². The molecule has 0 saturated carbocycles. The Balaban J connectivity index is 1.65. The Morgan fingerprint density at radius 2 is 2.12 bits per heavy atom. The molecule has 0 aliphatic carbocycles. The van der Waals surface area contributed by atoms with Crippen LogP contribution >= 0.6 is 0 Å². The smallest absolute Gasteiger partial charge is 0.265 e. The van der Waals surface area contributed by atoms with E-state index in [-0.39, 0.29) is 30.7 Å². The lowest BCUT2D eigenvalue weighted by Gasteiger charge is -2.29. The topological polar surface area (TPSA) is 88.6 Å². The molecule has 3 rings (SSSR count). The fourth-order valence-corrected chi connectivity index (χ4v) is 2.67. The minimum Gasteiger partial charge on any atom is -0.482 e. The van der Waals surface area contributed by atoms with Gasteiger partial charge >= 0.3 is 0 Å². The predicted molar refractivity (Wildman–Crippen MR) is 95.2 cm³/mol. The summed E-state index contributed by atoms with van der Waals surface area (Å²) in [4.78, 5) is 41.6. The van der Waals surface area contributed by atoms with Crippen LogP contribution in [0.5, 0.6) is 5.75 Å². The number of ketones is 1. The average Bonchev–Trinajstić information content (AvgIpc) is 2.64. The highest BCUT2D eigenvalue weighted by molar-refractivity contribution is 6.04. The standard InChI is InChI=1S/C19H19N3O4/c1-13(23)14-5-6-17-16(10-14)22(19(25)12-26-17)11-18(24)21-9-7-15-4-2-3-8-20-15/h2-6,8,10H,7,9,11-12H2,1H3,(H,21,24). The zero-order chi connectivity index (χ0) is 18.5. The van der Waals surface area contributed by atoms with Crippen molar-refractivity contribution in [2.75, 3.05) is 24.6 Å². The lowest BCUT2D eigenvalue weighted by molar-refractivity contribution is -0.125. The summed E-state index contributed by atoms with van der Waals surface area (Å²) in [5, 5.41) is 2.79. The second kappa shape index (κ2) is 7.77. The summed E-state index contributed by atoms with van der Waals surface area (Å²) in [6, 6.07) is 10.5. The van der Waals surface area contributed by atoms with E-state index < -0.39 is 0 Å². The number of pyridine rings is 1. The van der Waals surface area contributed by atoms with Gasteiger partial charge in [0.2, 0.25) is 5.91 Å². The van der Waals surface area contributed by atoms with Crippen molar-refractivity contribution in [3.05, 3.63) is 53.9 Å². The van der Waals surface area contributed by atoms with Crippen LogP contribution in [0.2, 0.25) is 0 Å². The van der Waals surface area contributed by atoms with E-state index in [1.165, 1.54) is 11.8 Å². The van der Waals surface area contributed by atoms with E-state index in [1.54, 1.807) is 24.4 Å². The summed E-state index contributed by atoms with van der Waals surface area (Å²) in [5.41, 5.74) is 1.78. The number of amides is 2. The fourth-order valence-electron chi connectivity index (χ4n) is 2.67. The largest absolute Gasteiger partial charge is 0.482 e. The minimum atomic E-state index is -0.321. The summed E-state index contributed by atoms with van der Waals surface area (Å²) in [5.74, 6) is -0.241. The van der Waals surface area contributed by atoms with Gasteiger partial charge in [0.05, 0.1) is 5.69 Å². The Morgan fingerprint density at radius 1 is 1.27 bits per heavy atom. The van der Waals surface area contributed by atoms with Crippen molar-refractivity contribution in [2.45, 2.75) is 13.3 Å². The van der Waals surface area contributed by atoms with Crippen molar-refractivity contribution in [2.24, 2.45) is 0 Å². The minimum absolute atomic E-state index is 0.120. The number of nitrogens with one attached hydrogen (secondary N) is 1. The van der Waals surface area contributed by atoms with Crippen molar-refractivity contribution < 1.29 is 19.1 Å². The van der Waals surface area contributed by atoms with Crippen molar-refractivity contribution in [3.8, 4) is 5.75 Å². The summed E-state index contributed by atoms with van der Waals surface area (Å²) in [6.07, 6.45) is 2.31. The third kappa shape index (κ3) is 4.05. The number of rotatable bonds is 6. The van der Waals surface area contributed by atoms with Gasteiger partial charge in [-0.15, -0.1) is 0 Å². The number of aromatic nitrogens is 1. The first-order chi connectivity index (χ1) is 12.5. The third-order valence-corrected chi connectivity index (χ3v) is 4.04. The molecule has 0 fully saturated rings. The maximum Gasteiger partial charge on any atom is 0.265 e. The van der Waals surface area contributed by atoms with Gasteiger partial charge < -0.3 is 10.1 Å². The van der Waals surface area contributed by atoms with E-state index >= 15 is 0 Å². The predicted octanol–water partition coefficient (Wildman–Crippen LogP) is 1.37. The molecule has 0 saturated heterocycles. The zero-order valence-corrected chi connectivity index (χ0v) is 14.4. The first kappa shape index (κ1) is 17.6. The monoisotopic (exact) mass is 353 g/mol. The van der Waals surface area contributed by atoms with Crippen molar-refractivity contribution in [1.82, 2.24) is 10.3 Å². The molecule has 2 amide bonds. The molecule has 0 atom stereocenters. The number of fused-ring (bicyclic) bond motifs is 1. The lowest BCUT2D eigenvalue weighted by atomic mass is 10.1. The third-order valence-electron chi connectivity index (χ3n) is 4.04. The van der Waals surface area contributed by atoms with Gasteiger partial charge in [0.1, 0.15) is 12.3 Å². The van der Waals surface area contributed by atoms with Crippen LogP contribution in [0.3, 0.4) is 0 Å². The number of Topliss-reactive ketones (excluding diaryl/α,β-unsaturated/α-hetero) is 1. The highest BCUT2D eigenvalue weighted by Crippen LogP contribution is 2.32. The Kier molecular flexibility index (Phi) is 5.26. The highest BCUT2D eigenvalue weighted by Gasteiger charge is 2.27. The number of ether oxygens (including phenoxy) is 1. The van der Waals surface area contributed by atoms with E-state index in [1.807, 2.05) is 18.2 Å². The Labute approximate surface area is 151 Å². The molecule has 1 aromatic heterocycles. The number of carbonyl (C=O) groups is 3. The average molecular weight is 353 g/mol. The number of anilines is 1. The summed E-state index contributed by atoms with van der Waals surface area (Å²) in [6.45, 7) is 1.61. The molecule has 2 heterocycles. The molecule has 1 N–H and O–H groups in total. The second-order valence-electron chi connectivity index (χ2n) is 5.93. The molecule has 26 heavy (non-hydrogen) atoms. The maximum absolute atomic E-state index is 12.2.